The zero-order valence-corrected chi connectivity index (χ0v) is 17.0. The summed E-state index contributed by atoms with van der Waals surface area (Å²) in [6, 6.07) is 16.4. The van der Waals surface area contributed by atoms with Gasteiger partial charge in [-0.1, -0.05) is 36.4 Å². The minimum atomic E-state index is 0. The Morgan fingerprint density at radius 1 is 0.958 bits per heavy atom. The third-order valence-corrected chi connectivity index (χ3v) is 3.96. The molecule has 6 heteroatoms. The van der Waals surface area contributed by atoms with Crippen molar-refractivity contribution in [1.82, 2.24) is 10.6 Å². The van der Waals surface area contributed by atoms with Crippen molar-refractivity contribution in [2.45, 2.75) is 19.6 Å². The average Bonchev–Trinajstić information content (AvgIpc) is 2.55. The topological polar surface area (TPSA) is 33.3 Å². The van der Waals surface area contributed by atoms with Crippen molar-refractivity contribution in [3.05, 3.63) is 64.1 Å². The Kier molecular flexibility index (Phi) is 13.1. The zero-order valence-electron chi connectivity index (χ0n) is 13.8. The Labute approximate surface area is 165 Å². The van der Waals surface area contributed by atoms with E-state index in [0.717, 1.165) is 36.3 Å². The van der Waals surface area contributed by atoms with E-state index in [1.165, 1.54) is 11.1 Å². The Bertz CT molecular complexity index is 570. The molecule has 0 saturated carbocycles. The molecule has 0 aliphatic rings. The van der Waals surface area contributed by atoms with E-state index >= 15 is 0 Å². The lowest BCUT2D eigenvalue weighted by Crippen LogP contribution is -2.19. The molecular weight excluding hydrogens is 411 g/mol. The van der Waals surface area contributed by atoms with Crippen LogP contribution in [0.2, 0.25) is 0 Å². The second kappa shape index (κ2) is 13.5. The summed E-state index contributed by atoms with van der Waals surface area (Å²) >= 11 is 3.59. The fourth-order valence-corrected chi connectivity index (χ4v) is 2.67. The first-order chi connectivity index (χ1) is 10.8. The molecule has 0 aromatic heterocycles. The first kappa shape index (κ1) is 23.2. The summed E-state index contributed by atoms with van der Waals surface area (Å²) in [7, 11) is 1.98. The minimum Gasteiger partial charge on any atom is -0.488 e. The minimum absolute atomic E-state index is 0. The molecule has 2 N–H and O–H groups in total. The maximum Gasteiger partial charge on any atom is 0.134 e. The summed E-state index contributed by atoms with van der Waals surface area (Å²) in [6.45, 7) is 3.52. The lowest BCUT2D eigenvalue weighted by Gasteiger charge is -2.10. The number of hydrogen-bond donors (Lipinski definition) is 2. The average molecular weight is 436 g/mol. The zero-order chi connectivity index (χ0) is 15.6. The fraction of sp³-hybridized carbons (Fsp3) is 0.333. The Morgan fingerprint density at radius 3 is 2.38 bits per heavy atom. The van der Waals surface area contributed by atoms with Gasteiger partial charge in [-0.25, -0.2) is 0 Å². The molecule has 2 aromatic rings. The second-order valence-electron chi connectivity index (χ2n) is 5.17. The van der Waals surface area contributed by atoms with Crippen LogP contribution in [0.15, 0.2) is 53.0 Å². The van der Waals surface area contributed by atoms with Crippen LogP contribution in [0.5, 0.6) is 5.75 Å². The van der Waals surface area contributed by atoms with E-state index in [1.54, 1.807) is 0 Å². The summed E-state index contributed by atoms with van der Waals surface area (Å²) in [5.41, 5.74) is 2.42. The molecule has 0 radical (unpaired) electrons. The second-order valence-corrected chi connectivity index (χ2v) is 6.03. The molecule has 2 rings (SSSR count). The summed E-state index contributed by atoms with van der Waals surface area (Å²) in [5, 5.41) is 6.59. The predicted octanol–water partition coefficient (Wildman–Crippen LogP) is 4.57. The summed E-state index contributed by atoms with van der Waals surface area (Å²) in [6.07, 6.45) is 1.13. The van der Waals surface area contributed by atoms with Crippen LogP contribution < -0.4 is 15.4 Å². The van der Waals surface area contributed by atoms with E-state index < -0.39 is 0 Å². The standard InChI is InChI=1S/C18H23BrN2O.2ClH/c1-20-10-5-11-21-13-16-8-9-18(17(19)12-16)22-14-15-6-3-2-4-7-15;;/h2-4,6-9,12,20-21H,5,10-11,13-14H2,1H3;2*1H. The lowest BCUT2D eigenvalue weighted by molar-refractivity contribution is 0.304. The summed E-state index contributed by atoms with van der Waals surface area (Å²) in [5.74, 6) is 0.878. The van der Waals surface area contributed by atoms with Gasteiger partial charge in [-0.3, -0.25) is 0 Å². The van der Waals surface area contributed by atoms with Crippen LogP contribution in [0.4, 0.5) is 0 Å². The molecule has 0 aliphatic carbocycles. The van der Waals surface area contributed by atoms with Gasteiger partial charge in [0.25, 0.3) is 0 Å². The largest absolute Gasteiger partial charge is 0.488 e. The number of halogens is 3. The Morgan fingerprint density at radius 2 is 1.71 bits per heavy atom. The monoisotopic (exact) mass is 434 g/mol. The van der Waals surface area contributed by atoms with Crippen LogP contribution in [0.1, 0.15) is 17.5 Å². The van der Waals surface area contributed by atoms with E-state index in [-0.39, 0.29) is 24.8 Å². The number of nitrogens with one attached hydrogen (secondary N) is 2. The van der Waals surface area contributed by atoms with Crippen molar-refractivity contribution in [2.24, 2.45) is 0 Å². The number of rotatable bonds is 9. The number of benzene rings is 2. The quantitative estimate of drug-likeness (QED) is 0.566. The highest BCUT2D eigenvalue weighted by Crippen LogP contribution is 2.26. The maximum absolute atomic E-state index is 5.86. The molecule has 0 aliphatic heterocycles. The van der Waals surface area contributed by atoms with Gasteiger partial charge >= 0.3 is 0 Å². The van der Waals surface area contributed by atoms with Crippen LogP contribution in [0.3, 0.4) is 0 Å². The van der Waals surface area contributed by atoms with E-state index in [9.17, 15) is 0 Å². The van der Waals surface area contributed by atoms with Gasteiger partial charge in [0.15, 0.2) is 0 Å². The molecule has 0 amide bonds. The van der Waals surface area contributed by atoms with Crippen LogP contribution in [0.25, 0.3) is 0 Å². The number of ether oxygens (including phenoxy) is 1. The van der Waals surface area contributed by atoms with Crippen molar-refractivity contribution in [3.8, 4) is 5.75 Å². The van der Waals surface area contributed by atoms with Gasteiger partial charge in [0, 0.05) is 6.54 Å². The molecule has 3 nitrogen and oxygen atoms in total. The third-order valence-electron chi connectivity index (χ3n) is 3.34. The molecule has 0 bridgehead atoms. The van der Waals surface area contributed by atoms with Crippen LogP contribution in [-0.4, -0.2) is 20.1 Å². The van der Waals surface area contributed by atoms with Crippen molar-refractivity contribution < 1.29 is 4.74 Å². The molecule has 0 heterocycles. The Hall–Kier alpha value is -0.780. The van der Waals surface area contributed by atoms with E-state index in [4.69, 9.17) is 4.74 Å². The fourth-order valence-electron chi connectivity index (χ4n) is 2.13. The molecule has 134 valence electrons. The smallest absolute Gasteiger partial charge is 0.134 e. The van der Waals surface area contributed by atoms with Gasteiger partial charge in [-0.15, -0.1) is 24.8 Å². The molecule has 0 spiro atoms. The molecule has 24 heavy (non-hydrogen) atoms. The van der Waals surface area contributed by atoms with Gasteiger partial charge in [-0.05, 0) is 65.7 Å². The van der Waals surface area contributed by atoms with Gasteiger partial charge < -0.3 is 15.4 Å². The van der Waals surface area contributed by atoms with E-state index in [1.807, 2.05) is 31.3 Å². The molecule has 2 aromatic carbocycles. The molecular formula is C18H25BrCl2N2O. The SMILES string of the molecule is CNCCCNCc1ccc(OCc2ccccc2)c(Br)c1.Cl.Cl. The predicted molar refractivity (Wildman–Crippen MR) is 110 cm³/mol. The summed E-state index contributed by atoms with van der Waals surface area (Å²) < 4.78 is 6.86. The van der Waals surface area contributed by atoms with E-state index in [0.29, 0.717) is 6.61 Å². The molecule has 0 atom stereocenters. The van der Waals surface area contributed by atoms with Crippen molar-refractivity contribution in [2.75, 3.05) is 20.1 Å². The Balaban J connectivity index is 0.00000264. The normalized spacial score (nSPS) is 9.75. The van der Waals surface area contributed by atoms with Crippen LogP contribution in [-0.2, 0) is 13.2 Å². The third kappa shape index (κ3) is 8.36. The van der Waals surface area contributed by atoms with Crippen molar-refractivity contribution in [3.63, 3.8) is 0 Å². The van der Waals surface area contributed by atoms with Gasteiger partial charge in [0.05, 0.1) is 4.47 Å². The van der Waals surface area contributed by atoms with Gasteiger partial charge in [0.1, 0.15) is 12.4 Å². The highest BCUT2D eigenvalue weighted by Gasteiger charge is 2.03. The molecule has 0 saturated heterocycles. The first-order valence-electron chi connectivity index (χ1n) is 7.60. The molecule has 0 unspecified atom stereocenters. The van der Waals surface area contributed by atoms with Gasteiger partial charge in [0.2, 0.25) is 0 Å². The first-order valence-corrected chi connectivity index (χ1v) is 8.39. The lowest BCUT2D eigenvalue weighted by atomic mass is 10.2. The number of hydrogen-bond acceptors (Lipinski definition) is 3. The highest BCUT2D eigenvalue weighted by molar-refractivity contribution is 9.10. The summed E-state index contributed by atoms with van der Waals surface area (Å²) in [4.78, 5) is 0. The van der Waals surface area contributed by atoms with Crippen molar-refractivity contribution >= 4 is 40.7 Å². The maximum atomic E-state index is 5.86. The molecule has 0 fully saturated rings. The van der Waals surface area contributed by atoms with Crippen LogP contribution in [0, 0.1) is 0 Å². The van der Waals surface area contributed by atoms with Crippen LogP contribution >= 0.6 is 40.7 Å². The van der Waals surface area contributed by atoms with Crippen molar-refractivity contribution in [1.29, 1.82) is 0 Å². The highest BCUT2D eigenvalue weighted by atomic mass is 79.9. The van der Waals surface area contributed by atoms with Gasteiger partial charge in [-0.2, -0.15) is 0 Å². The van der Waals surface area contributed by atoms with E-state index in [2.05, 4.69) is 50.8 Å².